The number of halogens is 1. The highest BCUT2D eigenvalue weighted by molar-refractivity contribution is 6.30. The topological polar surface area (TPSA) is 42.0 Å². The lowest BCUT2D eigenvalue weighted by molar-refractivity contribution is -0.138. The van der Waals surface area contributed by atoms with Crippen LogP contribution in [0.15, 0.2) is 48.5 Å². The molecule has 0 aliphatic carbocycles. The summed E-state index contributed by atoms with van der Waals surface area (Å²) in [6.45, 7) is 4.60. The van der Waals surface area contributed by atoms with E-state index in [9.17, 15) is 4.79 Å². The van der Waals surface area contributed by atoms with Crippen LogP contribution in [0, 0.1) is 0 Å². The van der Waals surface area contributed by atoms with E-state index in [2.05, 4.69) is 4.90 Å². The number of ether oxygens (including phenoxy) is 2. The van der Waals surface area contributed by atoms with E-state index in [1.165, 1.54) is 0 Å². The van der Waals surface area contributed by atoms with Gasteiger partial charge in [0.2, 0.25) is 0 Å². The van der Waals surface area contributed by atoms with Crippen LogP contribution in [-0.4, -0.2) is 50.2 Å². The number of para-hydroxylation sites is 2. The number of carbonyl (C=O) groups is 1. The number of nitrogens with zero attached hydrogens (tertiary/aromatic N) is 2. The molecule has 2 aromatic carbocycles. The monoisotopic (exact) mass is 374 g/mol. The van der Waals surface area contributed by atoms with Gasteiger partial charge in [0, 0.05) is 31.2 Å². The number of hydrogen-bond acceptors (Lipinski definition) is 4. The van der Waals surface area contributed by atoms with Crippen molar-refractivity contribution in [2.24, 2.45) is 0 Å². The average Bonchev–Trinajstić information content (AvgIpc) is 2.67. The predicted octanol–water partition coefficient (Wildman–Crippen LogP) is 3.46. The average molecular weight is 375 g/mol. The van der Waals surface area contributed by atoms with Crippen molar-refractivity contribution in [3.63, 3.8) is 0 Å². The Balaban J connectivity index is 1.58. The molecule has 1 saturated heterocycles. The summed E-state index contributed by atoms with van der Waals surface area (Å²) in [5.74, 6) is 1.44. The molecular formula is C20H23ClN2O3. The van der Waals surface area contributed by atoms with Crippen LogP contribution < -0.4 is 14.4 Å². The molecule has 138 valence electrons. The van der Waals surface area contributed by atoms with Gasteiger partial charge in [-0.2, -0.15) is 0 Å². The van der Waals surface area contributed by atoms with Crippen molar-refractivity contribution in [3.8, 4) is 11.5 Å². The minimum Gasteiger partial charge on any atom is -0.495 e. The van der Waals surface area contributed by atoms with Crippen molar-refractivity contribution >= 4 is 23.2 Å². The maximum Gasteiger partial charge on any atom is 0.263 e. The Bertz CT molecular complexity index is 760. The van der Waals surface area contributed by atoms with E-state index < -0.39 is 6.10 Å². The van der Waals surface area contributed by atoms with E-state index in [0.717, 1.165) is 24.5 Å². The Morgan fingerprint density at radius 1 is 1.08 bits per heavy atom. The quantitative estimate of drug-likeness (QED) is 0.803. The first kappa shape index (κ1) is 18.4. The summed E-state index contributed by atoms with van der Waals surface area (Å²) >= 11 is 5.96. The Kier molecular flexibility index (Phi) is 5.89. The zero-order valence-corrected chi connectivity index (χ0v) is 15.8. The molecule has 5 nitrogen and oxygen atoms in total. The van der Waals surface area contributed by atoms with E-state index in [0.29, 0.717) is 23.9 Å². The number of hydrogen-bond donors (Lipinski definition) is 0. The Hall–Kier alpha value is -2.40. The van der Waals surface area contributed by atoms with Crippen molar-refractivity contribution in [1.82, 2.24) is 4.90 Å². The van der Waals surface area contributed by atoms with Gasteiger partial charge in [-0.3, -0.25) is 4.79 Å². The zero-order valence-electron chi connectivity index (χ0n) is 15.0. The lowest BCUT2D eigenvalue weighted by Gasteiger charge is -2.37. The second-order valence-electron chi connectivity index (χ2n) is 6.20. The fraction of sp³-hybridized carbons (Fsp3) is 0.350. The molecular weight excluding hydrogens is 352 g/mol. The molecule has 1 atom stereocenters. The number of rotatable bonds is 5. The summed E-state index contributed by atoms with van der Waals surface area (Å²) in [5, 5.41) is 0.590. The van der Waals surface area contributed by atoms with Gasteiger partial charge >= 0.3 is 0 Å². The van der Waals surface area contributed by atoms with E-state index in [1.54, 1.807) is 38.3 Å². The second-order valence-corrected chi connectivity index (χ2v) is 6.64. The van der Waals surface area contributed by atoms with Gasteiger partial charge in [0.25, 0.3) is 5.91 Å². The molecule has 0 saturated carbocycles. The third-order valence-corrected chi connectivity index (χ3v) is 4.71. The molecule has 6 heteroatoms. The number of piperazine rings is 1. The molecule has 3 rings (SSSR count). The minimum atomic E-state index is -0.550. The van der Waals surface area contributed by atoms with Crippen LogP contribution in [0.3, 0.4) is 0 Å². The van der Waals surface area contributed by atoms with Crippen LogP contribution in [0.5, 0.6) is 11.5 Å². The molecule has 1 amide bonds. The molecule has 1 fully saturated rings. The number of benzene rings is 2. The first-order valence-electron chi connectivity index (χ1n) is 8.67. The van der Waals surface area contributed by atoms with Crippen molar-refractivity contribution in [2.75, 3.05) is 38.2 Å². The van der Waals surface area contributed by atoms with Crippen molar-refractivity contribution in [3.05, 3.63) is 53.6 Å². The minimum absolute atomic E-state index is 0.00958. The van der Waals surface area contributed by atoms with Gasteiger partial charge in [0.15, 0.2) is 6.10 Å². The van der Waals surface area contributed by atoms with Gasteiger partial charge in [-0.05, 0) is 37.3 Å². The van der Waals surface area contributed by atoms with E-state index in [4.69, 9.17) is 21.1 Å². The predicted molar refractivity (Wildman–Crippen MR) is 103 cm³/mol. The van der Waals surface area contributed by atoms with Crippen LogP contribution in [0.2, 0.25) is 5.02 Å². The van der Waals surface area contributed by atoms with E-state index >= 15 is 0 Å². The summed E-state index contributed by atoms with van der Waals surface area (Å²) in [6.07, 6.45) is -0.550. The second kappa shape index (κ2) is 8.32. The van der Waals surface area contributed by atoms with E-state index in [-0.39, 0.29) is 5.91 Å². The summed E-state index contributed by atoms with van der Waals surface area (Å²) in [7, 11) is 1.67. The summed E-state index contributed by atoms with van der Waals surface area (Å²) in [5.41, 5.74) is 1.06. The highest BCUT2D eigenvalue weighted by Gasteiger charge is 2.27. The molecule has 1 heterocycles. The molecule has 1 aliphatic heterocycles. The lowest BCUT2D eigenvalue weighted by Crippen LogP contribution is -2.52. The molecule has 0 aromatic heterocycles. The molecule has 0 unspecified atom stereocenters. The highest BCUT2D eigenvalue weighted by Crippen LogP contribution is 2.28. The first-order valence-corrected chi connectivity index (χ1v) is 9.05. The Morgan fingerprint density at radius 2 is 1.81 bits per heavy atom. The van der Waals surface area contributed by atoms with Gasteiger partial charge in [-0.15, -0.1) is 0 Å². The normalized spacial score (nSPS) is 15.5. The molecule has 0 spiro atoms. The maximum atomic E-state index is 12.7. The molecule has 0 radical (unpaired) electrons. The van der Waals surface area contributed by atoms with Gasteiger partial charge in [0.1, 0.15) is 11.5 Å². The maximum absolute atomic E-state index is 12.7. The SMILES string of the molecule is COc1ccccc1N1CCN(C(=O)[C@H](C)Oc2cccc(Cl)c2)CC1. The lowest BCUT2D eigenvalue weighted by atomic mass is 10.2. The third kappa shape index (κ3) is 4.22. The fourth-order valence-electron chi connectivity index (χ4n) is 3.11. The standard InChI is InChI=1S/C20H23ClN2O3/c1-15(26-17-7-5-6-16(21)14-17)20(24)23-12-10-22(11-13-23)18-8-3-4-9-19(18)25-2/h3-9,14-15H,10-13H2,1-2H3/t15-/m0/s1. The summed E-state index contributed by atoms with van der Waals surface area (Å²) in [4.78, 5) is 16.8. The highest BCUT2D eigenvalue weighted by atomic mass is 35.5. The molecule has 26 heavy (non-hydrogen) atoms. The van der Waals surface area contributed by atoms with Crippen LogP contribution in [-0.2, 0) is 4.79 Å². The third-order valence-electron chi connectivity index (χ3n) is 4.47. The molecule has 1 aliphatic rings. The largest absolute Gasteiger partial charge is 0.495 e. The van der Waals surface area contributed by atoms with Gasteiger partial charge in [0.05, 0.1) is 12.8 Å². The number of anilines is 1. The summed E-state index contributed by atoms with van der Waals surface area (Å²) < 4.78 is 11.2. The molecule has 0 N–H and O–H groups in total. The van der Waals surface area contributed by atoms with Crippen molar-refractivity contribution in [2.45, 2.75) is 13.0 Å². The number of methoxy groups -OCH3 is 1. The van der Waals surface area contributed by atoms with Crippen molar-refractivity contribution < 1.29 is 14.3 Å². The van der Waals surface area contributed by atoms with Gasteiger partial charge in [-0.25, -0.2) is 0 Å². The Morgan fingerprint density at radius 3 is 2.50 bits per heavy atom. The molecule has 2 aromatic rings. The van der Waals surface area contributed by atoms with Crippen LogP contribution in [0.4, 0.5) is 5.69 Å². The van der Waals surface area contributed by atoms with Crippen LogP contribution >= 0.6 is 11.6 Å². The van der Waals surface area contributed by atoms with Crippen molar-refractivity contribution in [1.29, 1.82) is 0 Å². The number of amides is 1. The van der Waals surface area contributed by atoms with Crippen LogP contribution in [0.25, 0.3) is 0 Å². The summed E-state index contributed by atoms with van der Waals surface area (Å²) in [6, 6.07) is 15.0. The van der Waals surface area contributed by atoms with Gasteiger partial charge < -0.3 is 19.3 Å². The van der Waals surface area contributed by atoms with Gasteiger partial charge in [-0.1, -0.05) is 29.8 Å². The smallest absolute Gasteiger partial charge is 0.263 e. The van der Waals surface area contributed by atoms with E-state index in [1.807, 2.05) is 29.2 Å². The first-order chi connectivity index (χ1) is 12.6. The van der Waals surface area contributed by atoms with Crippen LogP contribution in [0.1, 0.15) is 6.92 Å². The zero-order chi connectivity index (χ0) is 18.5. The number of carbonyl (C=O) groups excluding carboxylic acids is 1. The fourth-order valence-corrected chi connectivity index (χ4v) is 3.29. The Labute approximate surface area is 159 Å². The molecule has 0 bridgehead atoms.